The van der Waals surface area contributed by atoms with Crippen molar-refractivity contribution in [3.63, 3.8) is 0 Å². The molecule has 0 saturated carbocycles. The largest absolute Gasteiger partial charge is 0.411 e. The molecule has 0 N–H and O–H groups in total. The third kappa shape index (κ3) is 2.83. The van der Waals surface area contributed by atoms with Gasteiger partial charge in [-0.2, -0.15) is 0 Å². The minimum atomic E-state index is -1.64. The standard InChI is InChI=1S/C12H26O2Si/c1-11(2,3)15(6,7)14-10-8-13-9-12(10,4)5/h10H,8-9H2,1-7H3/t10-/m0/s1. The zero-order chi connectivity index (χ0) is 11.9. The highest BCUT2D eigenvalue weighted by Crippen LogP contribution is 2.41. The third-order valence-electron chi connectivity index (χ3n) is 3.86. The molecule has 1 atom stereocenters. The first-order valence-electron chi connectivity index (χ1n) is 5.82. The van der Waals surface area contributed by atoms with Gasteiger partial charge < -0.3 is 9.16 Å². The summed E-state index contributed by atoms with van der Waals surface area (Å²) in [5.74, 6) is 0. The summed E-state index contributed by atoms with van der Waals surface area (Å²) in [7, 11) is -1.64. The molecule has 3 heteroatoms. The molecule has 1 rings (SSSR count). The van der Waals surface area contributed by atoms with Crippen molar-refractivity contribution in [2.75, 3.05) is 13.2 Å². The molecular weight excluding hydrogens is 204 g/mol. The van der Waals surface area contributed by atoms with E-state index in [9.17, 15) is 0 Å². The molecule has 0 aliphatic carbocycles. The van der Waals surface area contributed by atoms with Gasteiger partial charge in [-0.3, -0.25) is 0 Å². The average Bonchev–Trinajstić information content (AvgIpc) is 2.27. The Bertz CT molecular complexity index is 228. The fraction of sp³-hybridized carbons (Fsp3) is 1.00. The minimum Gasteiger partial charge on any atom is -0.411 e. The van der Waals surface area contributed by atoms with Crippen LogP contribution in [0.25, 0.3) is 0 Å². The van der Waals surface area contributed by atoms with E-state index in [1.807, 2.05) is 0 Å². The molecule has 1 fully saturated rings. The van der Waals surface area contributed by atoms with Crippen molar-refractivity contribution in [1.82, 2.24) is 0 Å². The maximum Gasteiger partial charge on any atom is 0.192 e. The summed E-state index contributed by atoms with van der Waals surface area (Å²) in [6.45, 7) is 17.5. The second kappa shape index (κ2) is 3.86. The molecule has 0 amide bonds. The lowest BCUT2D eigenvalue weighted by atomic mass is 9.90. The summed E-state index contributed by atoms with van der Waals surface area (Å²) in [6, 6.07) is 0. The Labute approximate surface area is 95.5 Å². The molecule has 1 aliphatic rings. The second-order valence-corrected chi connectivity index (χ2v) is 11.6. The molecule has 0 aromatic heterocycles. The number of hydrogen-bond acceptors (Lipinski definition) is 2. The molecule has 0 spiro atoms. The first-order chi connectivity index (χ1) is 6.56. The molecule has 0 unspecified atom stereocenters. The molecule has 1 saturated heterocycles. The summed E-state index contributed by atoms with van der Waals surface area (Å²) >= 11 is 0. The van der Waals surface area contributed by atoms with E-state index in [4.69, 9.17) is 9.16 Å². The zero-order valence-corrected chi connectivity index (χ0v) is 12.3. The van der Waals surface area contributed by atoms with Crippen LogP contribution >= 0.6 is 0 Å². The highest BCUT2D eigenvalue weighted by Gasteiger charge is 2.45. The van der Waals surface area contributed by atoms with Crippen LogP contribution in [0.5, 0.6) is 0 Å². The van der Waals surface area contributed by atoms with Crippen molar-refractivity contribution in [2.24, 2.45) is 5.41 Å². The quantitative estimate of drug-likeness (QED) is 0.677. The highest BCUT2D eigenvalue weighted by molar-refractivity contribution is 6.74. The van der Waals surface area contributed by atoms with Gasteiger partial charge in [0.2, 0.25) is 0 Å². The molecule has 2 nitrogen and oxygen atoms in total. The van der Waals surface area contributed by atoms with Crippen molar-refractivity contribution in [1.29, 1.82) is 0 Å². The van der Waals surface area contributed by atoms with Gasteiger partial charge in [0.25, 0.3) is 0 Å². The first kappa shape index (κ1) is 13.2. The predicted molar refractivity (Wildman–Crippen MR) is 66.7 cm³/mol. The third-order valence-corrected chi connectivity index (χ3v) is 8.34. The molecule has 0 aromatic rings. The Morgan fingerprint density at radius 1 is 1.27 bits per heavy atom. The summed E-state index contributed by atoms with van der Waals surface area (Å²) in [4.78, 5) is 0. The summed E-state index contributed by atoms with van der Waals surface area (Å²) in [5, 5.41) is 0.283. The molecule has 1 heterocycles. The topological polar surface area (TPSA) is 18.5 Å². The SMILES string of the molecule is CC1(C)COC[C@@H]1O[Si](C)(C)C(C)(C)C. The van der Waals surface area contributed by atoms with Crippen molar-refractivity contribution < 1.29 is 9.16 Å². The fourth-order valence-corrected chi connectivity index (χ4v) is 2.93. The van der Waals surface area contributed by atoms with E-state index in [-0.39, 0.29) is 16.6 Å². The van der Waals surface area contributed by atoms with Gasteiger partial charge in [-0.05, 0) is 18.1 Å². The summed E-state index contributed by atoms with van der Waals surface area (Å²) < 4.78 is 11.9. The highest BCUT2D eigenvalue weighted by atomic mass is 28.4. The van der Waals surface area contributed by atoms with Crippen LogP contribution in [0.1, 0.15) is 34.6 Å². The summed E-state index contributed by atoms with van der Waals surface area (Å²) in [5.41, 5.74) is 0.176. The Morgan fingerprint density at radius 2 is 1.80 bits per heavy atom. The van der Waals surface area contributed by atoms with Crippen LogP contribution in [0, 0.1) is 5.41 Å². The predicted octanol–water partition coefficient (Wildman–Crippen LogP) is 3.43. The van der Waals surface area contributed by atoms with Crippen LogP contribution in [-0.2, 0) is 9.16 Å². The van der Waals surface area contributed by atoms with E-state index in [0.29, 0.717) is 0 Å². The Kier molecular flexibility index (Phi) is 3.40. The van der Waals surface area contributed by atoms with Crippen LogP contribution in [0.15, 0.2) is 0 Å². The van der Waals surface area contributed by atoms with E-state index in [0.717, 1.165) is 13.2 Å². The van der Waals surface area contributed by atoms with Crippen molar-refractivity contribution in [3.8, 4) is 0 Å². The zero-order valence-electron chi connectivity index (χ0n) is 11.3. The van der Waals surface area contributed by atoms with Gasteiger partial charge in [-0.1, -0.05) is 34.6 Å². The van der Waals surface area contributed by atoms with Crippen LogP contribution in [0.4, 0.5) is 0 Å². The lowest BCUT2D eigenvalue weighted by Gasteiger charge is -2.41. The van der Waals surface area contributed by atoms with Crippen LogP contribution < -0.4 is 0 Å². The van der Waals surface area contributed by atoms with Gasteiger partial charge >= 0.3 is 0 Å². The molecule has 15 heavy (non-hydrogen) atoms. The smallest absolute Gasteiger partial charge is 0.192 e. The fourth-order valence-electron chi connectivity index (χ4n) is 1.47. The number of ether oxygens (including phenoxy) is 1. The maximum atomic E-state index is 6.39. The Balaban J connectivity index is 2.70. The molecule has 0 aromatic carbocycles. The van der Waals surface area contributed by atoms with Crippen LogP contribution in [-0.4, -0.2) is 27.6 Å². The molecular formula is C12H26O2Si. The maximum absolute atomic E-state index is 6.39. The molecule has 0 bridgehead atoms. The van der Waals surface area contributed by atoms with E-state index in [2.05, 4.69) is 47.7 Å². The monoisotopic (exact) mass is 230 g/mol. The lowest BCUT2D eigenvalue weighted by molar-refractivity contribution is 0.102. The lowest BCUT2D eigenvalue weighted by Crippen LogP contribution is -2.47. The van der Waals surface area contributed by atoms with Gasteiger partial charge in [0, 0.05) is 5.41 Å². The van der Waals surface area contributed by atoms with Crippen LogP contribution in [0.3, 0.4) is 0 Å². The first-order valence-corrected chi connectivity index (χ1v) is 8.73. The Morgan fingerprint density at radius 3 is 2.13 bits per heavy atom. The molecule has 1 aliphatic heterocycles. The normalized spacial score (nSPS) is 27.0. The van der Waals surface area contributed by atoms with Gasteiger partial charge in [0.05, 0.1) is 19.3 Å². The van der Waals surface area contributed by atoms with E-state index in [1.165, 1.54) is 0 Å². The van der Waals surface area contributed by atoms with Crippen LogP contribution in [0.2, 0.25) is 18.1 Å². The average molecular weight is 230 g/mol. The van der Waals surface area contributed by atoms with Gasteiger partial charge in [-0.25, -0.2) is 0 Å². The molecule has 90 valence electrons. The Hall–Kier alpha value is 0.137. The summed E-state index contributed by atoms with van der Waals surface area (Å²) in [6.07, 6.45) is 0.276. The minimum absolute atomic E-state index is 0.176. The van der Waals surface area contributed by atoms with Crippen molar-refractivity contribution >= 4 is 8.32 Å². The van der Waals surface area contributed by atoms with E-state index in [1.54, 1.807) is 0 Å². The van der Waals surface area contributed by atoms with Gasteiger partial charge in [0.1, 0.15) is 0 Å². The number of hydrogen-bond donors (Lipinski definition) is 0. The van der Waals surface area contributed by atoms with Crippen molar-refractivity contribution in [2.45, 2.75) is 58.9 Å². The molecule has 0 radical (unpaired) electrons. The second-order valence-electron chi connectivity index (χ2n) is 6.87. The van der Waals surface area contributed by atoms with Gasteiger partial charge in [-0.15, -0.1) is 0 Å². The van der Waals surface area contributed by atoms with E-state index < -0.39 is 8.32 Å². The van der Waals surface area contributed by atoms with E-state index >= 15 is 0 Å². The van der Waals surface area contributed by atoms with Gasteiger partial charge in [0.15, 0.2) is 8.32 Å². The number of rotatable bonds is 2. The van der Waals surface area contributed by atoms with Crippen molar-refractivity contribution in [3.05, 3.63) is 0 Å².